The summed E-state index contributed by atoms with van der Waals surface area (Å²) in [5.41, 5.74) is -0.679. The van der Waals surface area contributed by atoms with Gasteiger partial charge in [-0.1, -0.05) is 20.8 Å². The van der Waals surface area contributed by atoms with Crippen molar-refractivity contribution in [1.82, 2.24) is 9.78 Å². The van der Waals surface area contributed by atoms with E-state index in [1.54, 1.807) is 6.07 Å². The molecule has 14 heavy (non-hydrogen) atoms. The molecule has 0 unspecified atom stereocenters. The van der Waals surface area contributed by atoms with Crippen LogP contribution in [0.3, 0.4) is 0 Å². The average Bonchev–Trinajstić information content (AvgIpc) is 2.07. The van der Waals surface area contributed by atoms with Gasteiger partial charge in [0.15, 0.2) is 5.78 Å². The third-order valence-electron chi connectivity index (χ3n) is 1.92. The van der Waals surface area contributed by atoms with Crippen LogP contribution in [0, 0.1) is 5.41 Å². The fourth-order valence-electron chi connectivity index (χ4n) is 0.879. The van der Waals surface area contributed by atoms with E-state index in [0.717, 1.165) is 0 Å². The highest BCUT2D eigenvalue weighted by molar-refractivity contribution is 5.83. The summed E-state index contributed by atoms with van der Waals surface area (Å²) in [6.45, 7) is 5.51. The monoisotopic (exact) mass is 194 g/mol. The Kier molecular flexibility index (Phi) is 2.84. The van der Waals surface area contributed by atoms with E-state index in [1.165, 1.54) is 16.9 Å². The standard InChI is InChI=1S/C10H14N2O2/c1-10(2,3)8(13)7-12-9(14)5-4-6-11-12/h4-6H,7H2,1-3H3. The van der Waals surface area contributed by atoms with E-state index in [4.69, 9.17) is 0 Å². The van der Waals surface area contributed by atoms with E-state index in [0.29, 0.717) is 0 Å². The van der Waals surface area contributed by atoms with Gasteiger partial charge in [-0.25, -0.2) is 4.68 Å². The number of nitrogens with zero attached hydrogens (tertiary/aromatic N) is 2. The molecule has 0 saturated carbocycles. The van der Waals surface area contributed by atoms with E-state index in [1.807, 2.05) is 20.8 Å². The molecule has 4 heteroatoms. The van der Waals surface area contributed by atoms with Gasteiger partial charge < -0.3 is 0 Å². The van der Waals surface area contributed by atoms with Crippen molar-refractivity contribution < 1.29 is 4.79 Å². The zero-order valence-electron chi connectivity index (χ0n) is 8.65. The van der Waals surface area contributed by atoms with Gasteiger partial charge in [0.05, 0.1) is 0 Å². The van der Waals surface area contributed by atoms with Crippen LogP contribution in [0.4, 0.5) is 0 Å². The van der Waals surface area contributed by atoms with E-state index >= 15 is 0 Å². The van der Waals surface area contributed by atoms with E-state index in [9.17, 15) is 9.59 Å². The number of carbonyl (C=O) groups is 1. The lowest BCUT2D eigenvalue weighted by Gasteiger charge is -2.16. The summed E-state index contributed by atoms with van der Waals surface area (Å²) >= 11 is 0. The predicted molar refractivity (Wildman–Crippen MR) is 53.0 cm³/mol. The normalized spacial score (nSPS) is 11.4. The minimum absolute atomic E-state index is 0.00157. The molecule has 0 aliphatic carbocycles. The van der Waals surface area contributed by atoms with Gasteiger partial charge in [0, 0.05) is 17.7 Å². The highest BCUT2D eigenvalue weighted by atomic mass is 16.1. The summed E-state index contributed by atoms with van der Waals surface area (Å²) in [7, 11) is 0. The molecule has 0 fully saturated rings. The molecule has 1 aromatic rings. The van der Waals surface area contributed by atoms with E-state index < -0.39 is 5.41 Å². The van der Waals surface area contributed by atoms with Crippen molar-refractivity contribution >= 4 is 5.78 Å². The van der Waals surface area contributed by atoms with Crippen LogP contribution in [0.25, 0.3) is 0 Å². The summed E-state index contributed by atoms with van der Waals surface area (Å²) in [6, 6.07) is 2.95. The smallest absolute Gasteiger partial charge is 0.267 e. The molecule has 76 valence electrons. The molecular weight excluding hydrogens is 180 g/mol. The molecule has 0 N–H and O–H groups in total. The summed E-state index contributed by atoms with van der Waals surface area (Å²) in [5.74, 6) is -0.00157. The number of carbonyl (C=O) groups excluding carboxylic acids is 1. The van der Waals surface area contributed by atoms with Gasteiger partial charge in [-0.05, 0) is 6.07 Å². The first-order valence-electron chi connectivity index (χ1n) is 4.47. The van der Waals surface area contributed by atoms with Crippen molar-refractivity contribution in [1.29, 1.82) is 0 Å². The highest BCUT2D eigenvalue weighted by Gasteiger charge is 2.21. The molecule has 0 amide bonds. The molecule has 1 heterocycles. The highest BCUT2D eigenvalue weighted by Crippen LogP contribution is 2.14. The zero-order chi connectivity index (χ0) is 10.8. The molecule has 0 aromatic carbocycles. The summed E-state index contributed by atoms with van der Waals surface area (Å²) < 4.78 is 1.17. The minimum atomic E-state index is -0.434. The predicted octanol–water partition coefficient (Wildman–Crippen LogP) is 0.858. The van der Waals surface area contributed by atoms with Crippen LogP contribution in [0.5, 0.6) is 0 Å². The molecule has 0 saturated heterocycles. The maximum absolute atomic E-state index is 11.6. The third-order valence-corrected chi connectivity index (χ3v) is 1.92. The van der Waals surface area contributed by atoms with Crippen LogP contribution in [-0.4, -0.2) is 15.6 Å². The van der Waals surface area contributed by atoms with Crippen LogP contribution in [0.1, 0.15) is 20.8 Å². The molecule has 4 nitrogen and oxygen atoms in total. The fourth-order valence-corrected chi connectivity index (χ4v) is 0.879. The van der Waals surface area contributed by atoms with Crippen LogP contribution in [0.2, 0.25) is 0 Å². The molecule has 1 rings (SSSR count). The largest absolute Gasteiger partial charge is 0.297 e. The lowest BCUT2D eigenvalue weighted by atomic mass is 9.91. The molecule has 0 aliphatic heterocycles. The minimum Gasteiger partial charge on any atom is -0.297 e. The number of hydrogen-bond donors (Lipinski definition) is 0. The summed E-state index contributed by atoms with van der Waals surface area (Å²) in [4.78, 5) is 22.8. The van der Waals surface area contributed by atoms with Gasteiger partial charge in [-0.2, -0.15) is 5.10 Å². The Morgan fingerprint density at radius 1 is 1.50 bits per heavy atom. The second kappa shape index (κ2) is 3.74. The lowest BCUT2D eigenvalue weighted by molar-refractivity contribution is -0.127. The van der Waals surface area contributed by atoms with Gasteiger partial charge in [0.2, 0.25) is 0 Å². The van der Waals surface area contributed by atoms with Crippen LogP contribution in [-0.2, 0) is 11.3 Å². The number of ketones is 1. The molecule has 0 radical (unpaired) electrons. The molecule has 0 spiro atoms. The molecule has 1 aromatic heterocycles. The Morgan fingerprint density at radius 2 is 2.14 bits per heavy atom. The Morgan fingerprint density at radius 3 is 2.64 bits per heavy atom. The molecular formula is C10H14N2O2. The van der Waals surface area contributed by atoms with Crippen molar-refractivity contribution in [2.45, 2.75) is 27.3 Å². The van der Waals surface area contributed by atoms with E-state index in [-0.39, 0.29) is 17.9 Å². The zero-order valence-corrected chi connectivity index (χ0v) is 8.65. The number of rotatable bonds is 2. The maximum Gasteiger partial charge on any atom is 0.267 e. The summed E-state index contributed by atoms with van der Waals surface area (Å²) in [6.07, 6.45) is 1.50. The number of Topliss-reactive ketones (excluding diaryl/α,β-unsaturated/α-hetero) is 1. The fraction of sp³-hybridized carbons (Fsp3) is 0.500. The van der Waals surface area contributed by atoms with Crippen molar-refractivity contribution in [3.63, 3.8) is 0 Å². The van der Waals surface area contributed by atoms with Crippen molar-refractivity contribution in [3.05, 3.63) is 28.7 Å². The van der Waals surface area contributed by atoms with Gasteiger partial charge >= 0.3 is 0 Å². The number of hydrogen-bond acceptors (Lipinski definition) is 3. The first-order chi connectivity index (χ1) is 6.41. The van der Waals surface area contributed by atoms with Crippen LogP contribution >= 0.6 is 0 Å². The average molecular weight is 194 g/mol. The van der Waals surface area contributed by atoms with Crippen molar-refractivity contribution in [3.8, 4) is 0 Å². The first-order valence-corrected chi connectivity index (χ1v) is 4.47. The first kappa shape index (κ1) is 10.6. The van der Waals surface area contributed by atoms with Gasteiger partial charge in [0.1, 0.15) is 6.54 Å². The van der Waals surface area contributed by atoms with Gasteiger partial charge in [-0.3, -0.25) is 9.59 Å². The SMILES string of the molecule is CC(C)(C)C(=O)Cn1ncccc1=O. The van der Waals surface area contributed by atoms with Gasteiger partial charge in [0.25, 0.3) is 5.56 Å². The third kappa shape index (κ3) is 2.52. The van der Waals surface area contributed by atoms with Crippen molar-refractivity contribution in [2.24, 2.45) is 5.41 Å². The quantitative estimate of drug-likeness (QED) is 0.701. The van der Waals surface area contributed by atoms with Crippen LogP contribution in [0.15, 0.2) is 23.1 Å². The molecule has 0 bridgehead atoms. The molecule has 0 aliphatic rings. The Labute approximate surface area is 82.6 Å². The summed E-state index contributed by atoms with van der Waals surface area (Å²) in [5, 5.41) is 3.82. The Bertz CT molecular complexity index is 388. The second-order valence-corrected chi connectivity index (χ2v) is 4.19. The van der Waals surface area contributed by atoms with E-state index in [2.05, 4.69) is 5.10 Å². The second-order valence-electron chi connectivity index (χ2n) is 4.19. The maximum atomic E-state index is 11.6. The Hall–Kier alpha value is -1.45. The van der Waals surface area contributed by atoms with Crippen molar-refractivity contribution in [2.75, 3.05) is 0 Å². The Balaban J connectivity index is 2.86. The van der Waals surface area contributed by atoms with Gasteiger partial charge in [-0.15, -0.1) is 0 Å². The topological polar surface area (TPSA) is 52.0 Å². The molecule has 0 atom stereocenters. The number of aromatic nitrogens is 2. The lowest BCUT2D eigenvalue weighted by Crippen LogP contribution is -2.31. The van der Waals surface area contributed by atoms with Crippen LogP contribution < -0.4 is 5.56 Å².